The predicted molar refractivity (Wildman–Crippen MR) is 102 cm³/mol. The van der Waals surface area contributed by atoms with E-state index in [1.807, 2.05) is 66.7 Å². The number of thioether (sulfide) groups is 1. The third-order valence-electron chi connectivity index (χ3n) is 4.35. The predicted octanol–water partition coefficient (Wildman–Crippen LogP) is 4.28. The lowest BCUT2D eigenvalue weighted by molar-refractivity contribution is -0.126. The van der Waals surface area contributed by atoms with Crippen molar-refractivity contribution in [1.82, 2.24) is 0 Å². The van der Waals surface area contributed by atoms with Gasteiger partial charge in [0.25, 0.3) is 0 Å². The van der Waals surface area contributed by atoms with E-state index in [9.17, 15) is 9.59 Å². The molecule has 25 heavy (non-hydrogen) atoms. The van der Waals surface area contributed by atoms with Gasteiger partial charge in [-0.1, -0.05) is 60.3 Å². The van der Waals surface area contributed by atoms with Crippen molar-refractivity contribution in [3.63, 3.8) is 0 Å². The standard InChI is InChI=1S/C20H16N2O2S/c1-20(19(24)22-16-10-4-5-12-17(16)25-20)18(23)21-15-11-6-8-13-7-2-3-9-14(13)15/h2-12H,1H3,(H,21,23)(H,22,24). The first-order valence-corrected chi connectivity index (χ1v) is 8.78. The van der Waals surface area contributed by atoms with Crippen LogP contribution in [0.1, 0.15) is 6.92 Å². The fourth-order valence-electron chi connectivity index (χ4n) is 2.89. The van der Waals surface area contributed by atoms with Gasteiger partial charge in [-0.05, 0) is 30.5 Å². The van der Waals surface area contributed by atoms with E-state index in [1.165, 1.54) is 11.8 Å². The van der Waals surface area contributed by atoms with Crippen LogP contribution in [-0.2, 0) is 9.59 Å². The summed E-state index contributed by atoms with van der Waals surface area (Å²) in [6, 6.07) is 21.1. The fraction of sp³-hybridized carbons (Fsp3) is 0.100. The normalized spacial score (nSPS) is 19.2. The second-order valence-corrected chi connectivity index (χ2v) is 7.53. The third kappa shape index (κ3) is 2.66. The van der Waals surface area contributed by atoms with Crippen molar-refractivity contribution in [1.29, 1.82) is 0 Å². The second kappa shape index (κ2) is 5.93. The number of hydrogen-bond acceptors (Lipinski definition) is 3. The van der Waals surface area contributed by atoms with Crippen molar-refractivity contribution in [3.8, 4) is 0 Å². The van der Waals surface area contributed by atoms with Crippen LogP contribution in [0.5, 0.6) is 0 Å². The Balaban J connectivity index is 1.67. The molecule has 0 aromatic heterocycles. The van der Waals surface area contributed by atoms with E-state index in [-0.39, 0.29) is 11.8 Å². The van der Waals surface area contributed by atoms with Gasteiger partial charge in [-0.25, -0.2) is 0 Å². The van der Waals surface area contributed by atoms with Crippen LogP contribution in [0.25, 0.3) is 10.8 Å². The Morgan fingerprint density at radius 3 is 2.60 bits per heavy atom. The summed E-state index contributed by atoms with van der Waals surface area (Å²) in [5, 5.41) is 7.76. The van der Waals surface area contributed by atoms with Gasteiger partial charge >= 0.3 is 0 Å². The summed E-state index contributed by atoms with van der Waals surface area (Å²) < 4.78 is -1.23. The zero-order chi connectivity index (χ0) is 17.4. The van der Waals surface area contributed by atoms with E-state index < -0.39 is 4.75 Å². The van der Waals surface area contributed by atoms with Crippen molar-refractivity contribution in [2.45, 2.75) is 16.6 Å². The molecule has 1 aliphatic rings. The molecule has 3 aromatic rings. The van der Waals surface area contributed by atoms with E-state index in [1.54, 1.807) is 6.92 Å². The molecular weight excluding hydrogens is 332 g/mol. The number of para-hydroxylation sites is 1. The topological polar surface area (TPSA) is 58.2 Å². The number of nitrogens with one attached hydrogen (secondary N) is 2. The minimum Gasteiger partial charge on any atom is -0.324 e. The molecule has 0 fully saturated rings. The van der Waals surface area contributed by atoms with Crippen LogP contribution in [-0.4, -0.2) is 16.6 Å². The first-order chi connectivity index (χ1) is 12.1. The monoisotopic (exact) mass is 348 g/mol. The Morgan fingerprint density at radius 2 is 1.72 bits per heavy atom. The number of anilines is 2. The molecular formula is C20H16N2O2S. The van der Waals surface area contributed by atoms with E-state index in [4.69, 9.17) is 0 Å². The molecule has 5 heteroatoms. The molecule has 0 aliphatic carbocycles. The second-order valence-electron chi connectivity index (χ2n) is 6.07. The van der Waals surface area contributed by atoms with Gasteiger partial charge in [0.1, 0.15) is 0 Å². The smallest absolute Gasteiger partial charge is 0.250 e. The first-order valence-electron chi connectivity index (χ1n) is 7.97. The molecule has 1 atom stereocenters. The Bertz CT molecular complexity index is 996. The molecule has 124 valence electrons. The molecule has 1 heterocycles. The van der Waals surface area contributed by atoms with Crippen LogP contribution in [0.4, 0.5) is 11.4 Å². The number of carbonyl (C=O) groups is 2. The summed E-state index contributed by atoms with van der Waals surface area (Å²) in [5.41, 5.74) is 1.45. The minimum atomic E-state index is -1.23. The molecule has 1 aliphatic heterocycles. The van der Waals surface area contributed by atoms with E-state index in [2.05, 4.69) is 10.6 Å². The summed E-state index contributed by atoms with van der Waals surface area (Å²) in [6.45, 7) is 1.66. The van der Waals surface area contributed by atoms with Crippen LogP contribution in [0, 0.1) is 0 Å². The number of carbonyl (C=O) groups excluding carboxylic acids is 2. The van der Waals surface area contributed by atoms with Crippen molar-refractivity contribution in [2.24, 2.45) is 0 Å². The average Bonchev–Trinajstić information content (AvgIpc) is 2.63. The molecule has 0 saturated heterocycles. The lowest BCUT2D eigenvalue weighted by atomic mass is 10.1. The van der Waals surface area contributed by atoms with Crippen LogP contribution >= 0.6 is 11.8 Å². The summed E-state index contributed by atoms with van der Waals surface area (Å²) in [7, 11) is 0. The van der Waals surface area contributed by atoms with Gasteiger partial charge < -0.3 is 10.6 Å². The van der Waals surface area contributed by atoms with Crippen molar-refractivity contribution >= 4 is 45.7 Å². The highest BCUT2D eigenvalue weighted by molar-refractivity contribution is 8.02. The quantitative estimate of drug-likeness (QED) is 0.680. The maximum Gasteiger partial charge on any atom is 0.250 e. The zero-order valence-corrected chi connectivity index (χ0v) is 14.4. The average molecular weight is 348 g/mol. The Labute approximate surface area is 149 Å². The van der Waals surface area contributed by atoms with Gasteiger partial charge in [-0.3, -0.25) is 9.59 Å². The van der Waals surface area contributed by atoms with Gasteiger partial charge in [-0.15, -0.1) is 0 Å². The molecule has 4 nitrogen and oxygen atoms in total. The summed E-state index contributed by atoms with van der Waals surface area (Å²) >= 11 is 1.28. The summed E-state index contributed by atoms with van der Waals surface area (Å²) in [6.07, 6.45) is 0. The van der Waals surface area contributed by atoms with Crippen molar-refractivity contribution in [3.05, 3.63) is 66.7 Å². The summed E-state index contributed by atoms with van der Waals surface area (Å²) in [5.74, 6) is -0.644. The molecule has 4 rings (SSSR count). The number of hydrogen-bond donors (Lipinski definition) is 2. The molecule has 0 spiro atoms. The van der Waals surface area contributed by atoms with Gasteiger partial charge in [0.05, 0.1) is 5.69 Å². The highest BCUT2D eigenvalue weighted by Gasteiger charge is 2.45. The SMILES string of the molecule is CC1(C(=O)Nc2cccc3ccccc23)Sc2ccccc2NC1=O. The van der Waals surface area contributed by atoms with Crippen molar-refractivity contribution in [2.75, 3.05) is 10.6 Å². The van der Waals surface area contributed by atoms with E-state index in [0.29, 0.717) is 5.69 Å². The Kier molecular flexibility index (Phi) is 3.73. The number of amides is 2. The highest BCUT2D eigenvalue weighted by Crippen LogP contribution is 2.43. The molecule has 0 bridgehead atoms. The van der Waals surface area contributed by atoms with Crippen molar-refractivity contribution < 1.29 is 9.59 Å². The maximum absolute atomic E-state index is 13.0. The Hall–Kier alpha value is -2.79. The van der Waals surface area contributed by atoms with Gasteiger partial charge in [0.2, 0.25) is 11.8 Å². The molecule has 2 amide bonds. The van der Waals surface area contributed by atoms with Gasteiger partial charge in [-0.2, -0.15) is 0 Å². The molecule has 3 aromatic carbocycles. The van der Waals surface area contributed by atoms with E-state index >= 15 is 0 Å². The number of rotatable bonds is 2. The van der Waals surface area contributed by atoms with Gasteiger partial charge in [0.15, 0.2) is 4.75 Å². The third-order valence-corrected chi connectivity index (χ3v) is 5.71. The number of fused-ring (bicyclic) bond motifs is 2. The first kappa shape index (κ1) is 15.7. The molecule has 0 saturated carbocycles. The maximum atomic E-state index is 13.0. The van der Waals surface area contributed by atoms with Crippen LogP contribution < -0.4 is 10.6 Å². The van der Waals surface area contributed by atoms with Crippen LogP contribution in [0.2, 0.25) is 0 Å². The van der Waals surface area contributed by atoms with Crippen LogP contribution in [0.3, 0.4) is 0 Å². The fourth-order valence-corrected chi connectivity index (χ4v) is 4.00. The van der Waals surface area contributed by atoms with E-state index in [0.717, 1.165) is 21.4 Å². The van der Waals surface area contributed by atoms with Gasteiger partial charge in [0, 0.05) is 16.0 Å². The lowest BCUT2D eigenvalue weighted by Gasteiger charge is -2.31. The Morgan fingerprint density at radius 1 is 1.00 bits per heavy atom. The van der Waals surface area contributed by atoms with Crippen LogP contribution in [0.15, 0.2) is 71.6 Å². The largest absolute Gasteiger partial charge is 0.324 e. The molecule has 1 unspecified atom stereocenters. The molecule has 0 radical (unpaired) electrons. The lowest BCUT2D eigenvalue weighted by Crippen LogP contribution is -2.49. The summed E-state index contributed by atoms with van der Waals surface area (Å²) in [4.78, 5) is 26.4. The minimum absolute atomic E-state index is 0.311. The highest BCUT2D eigenvalue weighted by atomic mass is 32.2. The number of benzene rings is 3. The molecule has 2 N–H and O–H groups in total. The zero-order valence-electron chi connectivity index (χ0n) is 13.6.